The van der Waals surface area contributed by atoms with E-state index in [2.05, 4.69) is 5.32 Å². The van der Waals surface area contributed by atoms with E-state index in [-0.39, 0.29) is 20.5 Å². The average molecular weight is 654 g/mol. The number of nitrogens with one attached hydrogen (secondary N) is 1. The number of para-hydroxylation sites is 2. The number of nitrogens with zero attached hydrogens (tertiary/aromatic N) is 2. The predicted octanol–water partition coefficient (Wildman–Crippen LogP) is 6.34. The summed E-state index contributed by atoms with van der Waals surface area (Å²) in [5, 5.41) is 12.6. The van der Waals surface area contributed by atoms with Crippen LogP contribution in [-0.2, 0) is 18.0 Å². The van der Waals surface area contributed by atoms with Crippen molar-refractivity contribution < 1.29 is 18.7 Å². The summed E-state index contributed by atoms with van der Waals surface area (Å²) in [5.41, 5.74) is 2.25. The molecule has 1 heterocycles. The summed E-state index contributed by atoms with van der Waals surface area (Å²) in [4.78, 5) is 27.3. The van der Waals surface area contributed by atoms with E-state index in [0.717, 1.165) is 22.5 Å². The molecule has 0 saturated carbocycles. The molecule has 6 rings (SSSR count). The molecule has 5 aromatic carbocycles. The molecular weight excluding hydrogens is 626 g/mol. The van der Waals surface area contributed by atoms with Crippen molar-refractivity contribution in [1.29, 1.82) is 5.26 Å². The average Bonchev–Trinajstić information content (AvgIpc) is 3.43. The van der Waals surface area contributed by atoms with E-state index in [1.54, 1.807) is 60.7 Å². The molecule has 0 saturated heterocycles. The summed E-state index contributed by atoms with van der Waals surface area (Å²) in [6.07, 6.45) is 1.68. The van der Waals surface area contributed by atoms with Crippen molar-refractivity contribution in [3.63, 3.8) is 0 Å². The van der Waals surface area contributed by atoms with Gasteiger partial charge in [0.05, 0.1) is 15.9 Å². The molecule has 0 aliphatic carbocycles. The molecule has 0 spiro atoms. The molecule has 0 radical (unpaired) electrons. The van der Waals surface area contributed by atoms with Crippen molar-refractivity contribution in [3.05, 3.63) is 176 Å². The number of benzene rings is 5. The van der Waals surface area contributed by atoms with Crippen LogP contribution in [0.4, 0.5) is 10.1 Å². The number of nitriles is 1. The fourth-order valence-corrected chi connectivity index (χ4v) is 5.98. The Hall–Kier alpha value is -6.24. The SMILES string of the molecule is N#C/C(C(=O)Nc1ccccc1F)=c1\s/c(=C\c2ccc(OCc3ccccc3)c(OCc3ccccc3)c2)c(=O)n1-c1ccccc1. The smallest absolute Gasteiger partial charge is 0.273 e. The third-order valence-electron chi connectivity index (χ3n) is 7.25. The van der Waals surface area contributed by atoms with Crippen molar-refractivity contribution in [1.82, 2.24) is 4.57 Å². The Morgan fingerprint density at radius 3 is 2.00 bits per heavy atom. The van der Waals surface area contributed by atoms with Crippen LogP contribution >= 0.6 is 11.3 Å². The number of anilines is 1. The number of carbonyl (C=O) groups is 1. The first kappa shape index (κ1) is 31.7. The molecule has 7 nitrogen and oxygen atoms in total. The second-order valence-corrected chi connectivity index (χ2v) is 11.6. The summed E-state index contributed by atoms with van der Waals surface area (Å²) in [6.45, 7) is 0.636. The maximum Gasteiger partial charge on any atom is 0.273 e. The molecular formula is C39H28FN3O4S. The summed E-state index contributed by atoms with van der Waals surface area (Å²) >= 11 is 0.988. The number of carbonyl (C=O) groups excluding carboxylic acids is 1. The lowest BCUT2D eigenvalue weighted by Gasteiger charge is -2.14. The van der Waals surface area contributed by atoms with Gasteiger partial charge in [0.25, 0.3) is 11.5 Å². The summed E-state index contributed by atoms with van der Waals surface area (Å²) in [5.74, 6) is -0.468. The highest BCUT2D eigenvalue weighted by Crippen LogP contribution is 2.30. The number of ether oxygens (including phenoxy) is 2. The minimum absolute atomic E-state index is 0.0789. The number of halogens is 1. The van der Waals surface area contributed by atoms with E-state index >= 15 is 0 Å². The van der Waals surface area contributed by atoms with Gasteiger partial charge in [0.1, 0.15) is 29.8 Å². The summed E-state index contributed by atoms with van der Waals surface area (Å²) < 4.78 is 28.4. The van der Waals surface area contributed by atoms with E-state index < -0.39 is 17.3 Å². The van der Waals surface area contributed by atoms with Crippen molar-refractivity contribution in [2.24, 2.45) is 0 Å². The Morgan fingerprint density at radius 1 is 0.792 bits per heavy atom. The van der Waals surface area contributed by atoms with Gasteiger partial charge in [0, 0.05) is 0 Å². The first-order valence-electron chi connectivity index (χ1n) is 15.0. The lowest BCUT2D eigenvalue weighted by Crippen LogP contribution is -2.32. The van der Waals surface area contributed by atoms with Gasteiger partial charge in [-0.1, -0.05) is 97.1 Å². The third-order valence-corrected chi connectivity index (χ3v) is 8.35. The Labute approximate surface area is 279 Å². The highest BCUT2D eigenvalue weighted by atomic mass is 32.1. The molecule has 0 unspecified atom stereocenters. The zero-order chi connectivity index (χ0) is 33.3. The first-order chi connectivity index (χ1) is 23.5. The van der Waals surface area contributed by atoms with E-state index in [0.29, 0.717) is 36.0 Å². The topological polar surface area (TPSA) is 93.4 Å². The Bertz CT molecular complexity index is 2280. The molecule has 1 aromatic heterocycles. The van der Waals surface area contributed by atoms with E-state index in [1.807, 2.05) is 66.7 Å². The number of aromatic nitrogens is 1. The van der Waals surface area contributed by atoms with Gasteiger partial charge >= 0.3 is 0 Å². The van der Waals surface area contributed by atoms with Crippen LogP contribution in [0.3, 0.4) is 0 Å². The molecule has 9 heteroatoms. The van der Waals surface area contributed by atoms with Gasteiger partial charge in [0.2, 0.25) is 0 Å². The fraction of sp³-hybridized carbons (Fsp3) is 0.0513. The van der Waals surface area contributed by atoms with Gasteiger partial charge in [-0.05, 0) is 59.2 Å². The molecule has 0 aliphatic heterocycles. The molecule has 0 fully saturated rings. The lowest BCUT2D eigenvalue weighted by molar-refractivity contribution is -0.111. The Kier molecular flexibility index (Phi) is 9.85. The molecule has 48 heavy (non-hydrogen) atoms. The maximum absolute atomic E-state index is 14.3. The van der Waals surface area contributed by atoms with Crippen LogP contribution in [0, 0.1) is 17.1 Å². The fourth-order valence-electron chi connectivity index (χ4n) is 4.87. The van der Waals surface area contributed by atoms with Crippen LogP contribution < -0.4 is 29.5 Å². The molecule has 236 valence electrons. The van der Waals surface area contributed by atoms with E-state index in [1.165, 1.54) is 22.8 Å². The molecule has 0 bridgehead atoms. The lowest BCUT2D eigenvalue weighted by atomic mass is 10.2. The van der Waals surface area contributed by atoms with E-state index in [4.69, 9.17) is 9.47 Å². The summed E-state index contributed by atoms with van der Waals surface area (Å²) in [7, 11) is 0. The Morgan fingerprint density at radius 2 is 1.38 bits per heavy atom. The van der Waals surface area contributed by atoms with Gasteiger partial charge < -0.3 is 14.8 Å². The second kappa shape index (κ2) is 14.9. The monoisotopic (exact) mass is 653 g/mol. The zero-order valence-corrected chi connectivity index (χ0v) is 26.3. The molecule has 1 N–H and O–H groups in total. The van der Waals surface area contributed by atoms with Gasteiger partial charge in [-0.2, -0.15) is 5.26 Å². The minimum atomic E-state index is -0.836. The summed E-state index contributed by atoms with van der Waals surface area (Å²) in [6, 6.07) is 41.2. The van der Waals surface area contributed by atoms with Gasteiger partial charge in [-0.15, -0.1) is 11.3 Å². The number of thiazole rings is 1. The molecule has 0 aliphatic rings. The van der Waals surface area contributed by atoms with Crippen LogP contribution in [0.25, 0.3) is 17.3 Å². The van der Waals surface area contributed by atoms with Crippen LogP contribution in [-0.4, -0.2) is 10.5 Å². The van der Waals surface area contributed by atoms with Crippen molar-refractivity contribution in [2.45, 2.75) is 13.2 Å². The molecule has 6 aromatic rings. The van der Waals surface area contributed by atoms with Crippen molar-refractivity contribution in [3.8, 4) is 23.3 Å². The molecule has 1 amide bonds. The third kappa shape index (κ3) is 7.41. The number of hydrogen-bond acceptors (Lipinski definition) is 6. The molecule has 0 atom stereocenters. The Balaban J connectivity index is 1.43. The van der Waals surface area contributed by atoms with Crippen molar-refractivity contribution >= 4 is 34.6 Å². The second-order valence-electron chi connectivity index (χ2n) is 10.6. The number of rotatable bonds is 10. The largest absolute Gasteiger partial charge is 0.485 e. The van der Waals surface area contributed by atoms with Crippen LogP contribution in [0.5, 0.6) is 11.5 Å². The standard InChI is InChI=1S/C39H28FN3O4S/c40-32-18-10-11-19-33(32)42-37(44)31(24-41)39-43(30-16-8-3-9-17-30)38(45)36(48-39)23-29-20-21-34(46-25-27-12-4-1-5-13-27)35(22-29)47-26-28-14-6-2-7-15-28/h1-23H,25-26H2,(H,42,44)/b36-23-,39-31+. The van der Waals surface area contributed by atoms with E-state index in [9.17, 15) is 19.2 Å². The highest BCUT2D eigenvalue weighted by molar-refractivity contribution is 7.07. The maximum atomic E-state index is 14.3. The first-order valence-corrected chi connectivity index (χ1v) is 15.8. The zero-order valence-electron chi connectivity index (χ0n) is 25.5. The van der Waals surface area contributed by atoms with Gasteiger partial charge in [-0.3, -0.25) is 14.2 Å². The highest BCUT2D eigenvalue weighted by Gasteiger charge is 2.18. The minimum Gasteiger partial charge on any atom is -0.485 e. The van der Waals surface area contributed by atoms with Crippen molar-refractivity contribution in [2.75, 3.05) is 5.32 Å². The van der Waals surface area contributed by atoms with Crippen LogP contribution in [0.15, 0.2) is 138 Å². The number of amides is 1. The quantitative estimate of drug-likeness (QED) is 0.186. The normalized spacial score (nSPS) is 11.8. The number of hydrogen-bond donors (Lipinski definition) is 1. The van der Waals surface area contributed by atoms with Crippen LogP contribution in [0.2, 0.25) is 0 Å². The van der Waals surface area contributed by atoms with Gasteiger partial charge in [0.15, 0.2) is 17.1 Å². The van der Waals surface area contributed by atoms with Crippen LogP contribution in [0.1, 0.15) is 16.7 Å². The van der Waals surface area contributed by atoms with Gasteiger partial charge in [-0.25, -0.2) is 4.39 Å². The predicted molar refractivity (Wildman–Crippen MR) is 185 cm³/mol.